The van der Waals surface area contributed by atoms with Gasteiger partial charge in [0.1, 0.15) is 11.6 Å². The molecule has 4 aromatic rings. The monoisotopic (exact) mass is 525 g/mol. The normalized spacial score (nSPS) is 12.6. The molecule has 0 aliphatic rings. The molecule has 2 heterocycles. The Morgan fingerprint density at radius 2 is 1.92 bits per heavy atom. The van der Waals surface area contributed by atoms with E-state index in [0.29, 0.717) is 47.8 Å². The van der Waals surface area contributed by atoms with Gasteiger partial charge < -0.3 is 14.8 Å². The average molecular weight is 526 g/mol. The first kappa shape index (κ1) is 26.5. The van der Waals surface area contributed by atoms with Crippen molar-refractivity contribution in [1.82, 2.24) is 24.3 Å². The van der Waals surface area contributed by atoms with E-state index in [9.17, 15) is 18.3 Å². The van der Waals surface area contributed by atoms with Gasteiger partial charge in [0.2, 0.25) is 10.0 Å². The number of H-pyrrole nitrogens is 1. The first-order chi connectivity index (χ1) is 17.8. The third-order valence-corrected chi connectivity index (χ3v) is 7.42. The first-order valence-corrected chi connectivity index (χ1v) is 13.7. The molecule has 0 radical (unpaired) electrons. The summed E-state index contributed by atoms with van der Waals surface area (Å²) in [6.45, 7) is 5.53. The van der Waals surface area contributed by atoms with Crippen LogP contribution in [0.5, 0.6) is 5.75 Å². The maximum atomic E-state index is 13.3. The molecule has 0 fully saturated rings. The van der Waals surface area contributed by atoms with Crippen LogP contribution in [-0.4, -0.2) is 52.4 Å². The summed E-state index contributed by atoms with van der Waals surface area (Å²) >= 11 is 0. The van der Waals surface area contributed by atoms with Crippen molar-refractivity contribution in [3.8, 4) is 17.1 Å². The van der Waals surface area contributed by atoms with Gasteiger partial charge in [0.15, 0.2) is 11.3 Å². The van der Waals surface area contributed by atoms with Gasteiger partial charge in [-0.15, -0.1) is 5.10 Å². The minimum Gasteiger partial charge on any atom is -0.493 e. The number of aromatic nitrogens is 4. The number of aromatic amines is 1. The van der Waals surface area contributed by atoms with Gasteiger partial charge >= 0.3 is 0 Å². The number of imidazole rings is 1. The van der Waals surface area contributed by atoms with Gasteiger partial charge in [-0.2, -0.15) is 0 Å². The Balaban J connectivity index is 1.76. The summed E-state index contributed by atoms with van der Waals surface area (Å²) in [4.78, 5) is 20.2. The number of rotatable bonds is 11. The topological polar surface area (TPSA) is 139 Å². The molecule has 10 nitrogen and oxygen atoms in total. The first-order valence-electron chi connectivity index (χ1n) is 12.2. The Kier molecular flexibility index (Phi) is 8.06. The standard InChI is InChI=1S/C26H31N5O5S/c1-4-9-23-27-17(3)24-26(33)28-25(29-31(23)24)21-15-20(12-13-22(21)36-5-2)37(34,35)30-19(16-32)14-18-10-7-6-8-11-18/h6-8,10-13,15,19,30,32H,4-5,9,14,16H2,1-3H3,(H,28,29,33). The minimum atomic E-state index is -4.02. The summed E-state index contributed by atoms with van der Waals surface area (Å²) in [6, 6.07) is 13.0. The second-order valence-corrected chi connectivity index (χ2v) is 10.4. The van der Waals surface area contributed by atoms with Crippen LogP contribution in [0.2, 0.25) is 0 Å². The van der Waals surface area contributed by atoms with Crippen LogP contribution < -0.4 is 15.0 Å². The molecule has 0 aliphatic heterocycles. The van der Waals surface area contributed by atoms with Crippen LogP contribution in [0.15, 0.2) is 58.2 Å². The SMILES string of the molecule is CCCc1nc(C)c2c(=O)[nH]c(-c3cc(S(=O)(=O)NC(CO)Cc4ccccc4)ccc3OCC)nn12. The van der Waals surface area contributed by atoms with E-state index < -0.39 is 16.1 Å². The number of benzene rings is 2. The molecule has 0 saturated carbocycles. The van der Waals surface area contributed by atoms with Crippen LogP contribution in [0.3, 0.4) is 0 Å². The Hall–Kier alpha value is -3.54. The number of sulfonamides is 1. The highest BCUT2D eigenvalue weighted by Crippen LogP contribution is 2.30. The second-order valence-electron chi connectivity index (χ2n) is 8.71. The lowest BCUT2D eigenvalue weighted by Gasteiger charge is -2.18. The van der Waals surface area contributed by atoms with Crippen molar-refractivity contribution in [3.05, 3.63) is 76.0 Å². The molecule has 0 spiro atoms. The zero-order chi connectivity index (χ0) is 26.6. The number of fused-ring (bicyclic) bond motifs is 1. The van der Waals surface area contributed by atoms with Gasteiger partial charge in [0.05, 0.1) is 29.4 Å². The zero-order valence-corrected chi connectivity index (χ0v) is 21.9. The predicted molar refractivity (Wildman–Crippen MR) is 140 cm³/mol. The summed E-state index contributed by atoms with van der Waals surface area (Å²) < 4.78 is 36.4. The van der Waals surface area contributed by atoms with Crippen molar-refractivity contribution in [2.45, 2.75) is 51.0 Å². The van der Waals surface area contributed by atoms with Crippen LogP contribution in [0.1, 0.15) is 37.4 Å². The lowest BCUT2D eigenvalue weighted by atomic mass is 10.1. The van der Waals surface area contributed by atoms with Gasteiger partial charge in [-0.1, -0.05) is 37.3 Å². The van der Waals surface area contributed by atoms with Crippen LogP contribution in [-0.2, 0) is 22.9 Å². The number of ether oxygens (including phenoxy) is 1. The van der Waals surface area contributed by atoms with Gasteiger partial charge in [-0.25, -0.2) is 22.6 Å². The number of hydrogen-bond acceptors (Lipinski definition) is 7. The lowest BCUT2D eigenvalue weighted by molar-refractivity contribution is 0.256. The number of aliphatic hydroxyl groups excluding tert-OH is 1. The average Bonchev–Trinajstić information content (AvgIpc) is 3.20. The van der Waals surface area contributed by atoms with Crippen molar-refractivity contribution < 1.29 is 18.3 Å². The van der Waals surface area contributed by atoms with Crippen LogP contribution in [0.4, 0.5) is 0 Å². The Bertz CT molecular complexity index is 1550. The highest BCUT2D eigenvalue weighted by molar-refractivity contribution is 7.89. The van der Waals surface area contributed by atoms with E-state index in [0.717, 1.165) is 12.0 Å². The second kappa shape index (κ2) is 11.2. The van der Waals surface area contributed by atoms with Crippen molar-refractivity contribution in [3.63, 3.8) is 0 Å². The molecule has 0 aliphatic carbocycles. The minimum absolute atomic E-state index is 0.0456. The summed E-state index contributed by atoms with van der Waals surface area (Å²) in [7, 11) is -4.02. The van der Waals surface area contributed by atoms with Crippen molar-refractivity contribution in [2.24, 2.45) is 0 Å². The summed E-state index contributed by atoms with van der Waals surface area (Å²) in [5.74, 6) is 1.19. The highest BCUT2D eigenvalue weighted by atomic mass is 32.2. The molecule has 1 atom stereocenters. The molecule has 0 bridgehead atoms. The number of aliphatic hydroxyl groups is 1. The van der Waals surface area contributed by atoms with Crippen LogP contribution >= 0.6 is 0 Å². The molecular formula is C26H31N5O5S. The smallest absolute Gasteiger partial charge is 0.277 e. The van der Waals surface area contributed by atoms with E-state index in [1.54, 1.807) is 6.92 Å². The molecule has 196 valence electrons. The van der Waals surface area contributed by atoms with Crippen molar-refractivity contribution >= 4 is 15.5 Å². The van der Waals surface area contributed by atoms with Crippen molar-refractivity contribution in [1.29, 1.82) is 0 Å². The molecule has 2 aromatic carbocycles. The fraction of sp³-hybridized carbons (Fsp3) is 0.346. The molecule has 1 unspecified atom stereocenters. The molecule has 11 heteroatoms. The molecule has 4 rings (SSSR count). The highest BCUT2D eigenvalue weighted by Gasteiger charge is 2.23. The van der Waals surface area contributed by atoms with E-state index in [4.69, 9.17) is 4.74 Å². The summed E-state index contributed by atoms with van der Waals surface area (Å²) in [5, 5.41) is 14.4. The van der Waals surface area contributed by atoms with E-state index in [-0.39, 0.29) is 22.9 Å². The summed E-state index contributed by atoms with van der Waals surface area (Å²) in [6.07, 6.45) is 1.78. The maximum absolute atomic E-state index is 13.3. The molecule has 0 saturated heterocycles. The molecule has 3 N–H and O–H groups in total. The predicted octanol–water partition coefficient (Wildman–Crippen LogP) is 2.63. The Labute approximate surface area is 215 Å². The van der Waals surface area contributed by atoms with Crippen LogP contribution in [0.25, 0.3) is 16.9 Å². The molecule has 0 amide bonds. The van der Waals surface area contributed by atoms with E-state index in [2.05, 4.69) is 19.8 Å². The fourth-order valence-corrected chi connectivity index (χ4v) is 5.47. The maximum Gasteiger partial charge on any atom is 0.277 e. The number of nitrogens with one attached hydrogen (secondary N) is 2. The Morgan fingerprint density at radius 3 is 2.59 bits per heavy atom. The van der Waals surface area contributed by atoms with Crippen LogP contribution in [0, 0.1) is 6.92 Å². The van der Waals surface area contributed by atoms with Gasteiger partial charge in [0, 0.05) is 12.5 Å². The quantitative estimate of drug-likeness (QED) is 0.274. The largest absolute Gasteiger partial charge is 0.493 e. The van der Waals surface area contributed by atoms with E-state index >= 15 is 0 Å². The lowest BCUT2D eigenvalue weighted by Crippen LogP contribution is -2.39. The molecular weight excluding hydrogens is 494 g/mol. The van der Waals surface area contributed by atoms with E-state index in [1.165, 1.54) is 22.7 Å². The number of aryl methyl sites for hydroxylation is 2. The fourth-order valence-electron chi connectivity index (χ4n) is 4.21. The molecule has 37 heavy (non-hydrogen) atoms. The third kappa shape index (κ3) is 5.74. The van der Waals surface area contributed by atoms with Gasteiger partial charge in [-0.3, -0.25) is 4.79 Å². The Morgan fingerprint density at radius 1 is 1.16 bits per heavy atom. The molecule has 2 aromatic heterocycles. The number of hydrogen-bond donors (Lipinski definition) is 3. The van der Waals surface area contributed by atoms with Gasteiger partial charge in [-0.05, 0) is 50.5 Å². The number of nitrogens with zero attached hydrogens (tertiary/aromatic N) is 3. The van der Waals surface area contributed by atoms with Gasteiger partial charge in [0.25, 0.3) is 5.56 Å². The zero-order valence-electron chi connectivity index (χ0n) is 21.1. The third-order valence-electron chi connectivity index (χ3n) is 5.90. The van der Waals surface area contributed by atoms with Crippen molar-refractivity contribution in [2.75, 3.05) is 13.2 Å². The van der Waals surface area contributed by atoms with E-state index in [1.807, 2.05) is 44.2 Å². The summed E-state index contributed by atoms with van der Waals surface area (Å²) in [5.41, 5.74) is 1.76.